The molecule has 2 aliphatic rings. The van der Waals surface area contributed by atoms with Crippen molar-refractivity contribution < 1.29 is 9.53 Å². The number of benzene rings is 1. The molecule has 0 N–H and O–H groups in total. The van der Waals surface area contributed by atoms with Gasteiger partial charge in [0.05, 0.1) is 19.3 Å². The molecule has 5 nitrogen and oxygen atoms in total. The maximum absolute atomic E-state index is 12.5. The van der Waals surface area contributed by atoms with Crippen molar-refractivity contribution in [1.82, 2.24) is 14.8 Å². The quantitative estimate of drug-likeness (QED) is 0.673. The van der Waals surface area contributed by atoms with E-state index in [1.807, 2.05) is 18.2 Å². The summed E-state index contributed by atoms with van der Waals surface area (Å²) < 4.78 is 5.32. The largest absolute Gasteiger partial charge is 0.497 e. The predicted octanol–water partition coefficient (Wildman–Crippen LogP) is 4.43. The average molecular weight is 414 g/mol. The van der Waals surface area contributed by atoms with Gasteiger partial charge in [-0.25, -0.2) is 4.98 Å². The summed E-state index contributed by atoms with van der Waals surface area (Å²) in [7, 11) is 1.69. The van der Waals surface area contributed by atoms with Crippen LogP contribution < -0.4 is 4.74 Å². The lowest BCUT2D eigenvalue weighted by Gasteiger charge is -2.34. The van der Waals surface area contributed by atoms with E-state index in [1.54, 1.807) is 18.4 Å². The van der Waals surface area contributed by atoms with Crippen molar-refractivity contribution in [3.8, 4) is 17.0 Å². The summed E-state index contributed by atoms with van der Waals surface area (Å²) in [5, 5.41) is 3.25. The number of amides is 1. The van der Waals surface area contributed by atoms with Gasteiger partial charge in [-0.1, -0.05) is 37.8 Å². The third kappa shape index (κ3) is 5.37. The lowest BCUT2D eigenvalue weighted by atomic mass is 10.0. The van der Waals surface area contributed by atoms with E-state index in [-0.39, 0.29) is 0 Å². The number of hydrogen-bond acceptors (Lipinski definition) is 5. The van der Waals surface area contributed by atoms with Gasteiger partial charge in [-0.15, -0.1) is 11.3 Å². The van der Waals surface area contributed by atoms with Gasteiger partial charge in [0.15, 0.2) is 0 Å². The minimum Gasteiger partial charge on any atom is -0.497 e. The van der Waals surface area contributed by atoms with Gasteiger partial charge in [-0.2, -0.15) is 0 Å². The third-order valence-electron chi connectivity index (χ3n) is 6.24. The van der Waals surface area contributed by atoms with Gasteiger partial charge in [-0.05, 0) is 24.5 Å². The molecule has 1 aliphatic carbocycles. The molecule has 1 aromatic heterocycles. The van der Waals surface area contributed by atoms with E-state index in [0.717, 1.165) is 73.5 Å². The topological polar surface area (TPSA) is 45.7 Å². The molecule has 0 unspecified atom stereocenters. The van der Waals surface area contributed by atoms with Crippen LogP contribution in [0.15, 0.2) is 29.6 Å². The second-order valence-corrected chi connectivity index (χ2v) is 9.15. The molecule has 0 bridgehead atoms. The highest BCUT2D eigenvalue weighted by Crippen LogP contribution is 2.29. The zero-order valence-electron chi connectivity index (χ0n) is 17.3. The highest BCUT2D eigenvalue weighted by Gasteiger charge is 2.23. The molecule has 4 rings (SSSR count). The summed E-state index contributed by atoms with van der Waals surface area (Å²) in [4.78, 5) is 21.8. The van der Waals surface area contributed by atoms with Gasteiger partial charge < -0.3 is 9.64 Å². The van der Waals surface area contributed by atoms with E-state index in [2.05, 4.69) is 21.2 Å². The van der Waals surface area contributed by atoms with E-state index in [4.69, 9.17) is 9.72 Å². The maximum atomic E-state index is 12.5. The van der Waals surface area contributed by atoms with Crippen molar-refractivity contribution in [2.45, 2.75) is 45.1 Å². The Morgan fingerprint density at radius 1 is 1.21 bits per heavy atom. The zero-order chi connectivity index (χ0) is 20.1. The normalized spacial score (nSPS) is 18.3. The first kappa shape index (κ1) is 20.4. The Kier molecular flexibility index (Phi) is 6.82. The molecule has 156 valence electrons. The molecule has 29 heavy (non-hydrogen) atoms. The van der Waals surface area contributed by atoms with Gasteiger partial charge in [-0.3, -0.25) is 9.69 Å². The smallest absolute Gasteiger partial charge is 0.222 e. The number of aromatic nitrogens is 1. The van der Waals surface area contributed by atoms with Crippen LogP contribution in [0, 0.1) is 5.92 Å². The molecule has 6 heteroatoms. The Balaban J connectivity index is 1.24. The van der Waals surface area contributed by atoms with Gasteiger partial charge in [0, 0.05) is 43.5 Å². The molecule has 1 amide bonds. The second kappa shape index (κ2) is 9.72. The summed E-state index contributed by atoms with van der Waals surface area (Å²) in [6, 6.07) is 8.04. The summed E-state index contributed by atoms with van der Waals surface area (Å²) in [5.41, 5.74) is 2.09. The molecule has 1 saturated carbocycles. The number of rotatable bonds is 7. The van der Waals surface area contributed by atoms with Gasteiger partial charge >= 0.3 is 0 Å². The minimum absolute atomic E-state index is 0.353. The van der Waals surface area contributed by atoms with E-state index < -0.39 is 0 Å². The first-order valence-corrected chi connectivity index (χ1v) is 11.7. The summed E-state index contributed by atoms with van der Waals surface area (Å²) >= 11 is 1.71. The fourth-order valence-corrected chi connectivity index (χ4v) is 5.27. The summed E-state index contributed by atoms with van der Waals surface area (Å²) in [5.74, 6) is 2.00. The van der Waals surface area contributed by atoms with Gasteiger partial charge in [0.1, 0.15) is 10.8 Å². The third-order valence-corrected chi connectivity index (χ3v) is 7.08. The van der Waals surface area contributed by atoms with E-state index in [9.17, 15) is 4.79 Å². The van der Waals surface area contributed by atoms with Crippen LogP contribution >= 0.6 is 11.3 Å². The number of nitrogens with zero attached hydrogens (tertiary/aromatic N) is 3. The molecule has 1 aliphatic heterocycles. The van der Waals surface area contributed by atoms with Gasteiger partial charge in [0.25, 0.3) is 0 Å². The van der Waals surface area contributed by atoms with Crippen LogP contribution in [0.3, 0.4) is 0 Å². The van der Waals surface area contributed by atoms with Gasteiger partial charge in [0.2, 0.25) is 5.91 Å². The van der Waals surface area contributed by atoms with Crippen LogP contribution in [0.2, 0.25) is 0 Å². The minimum atomic E-state index is 0.353. The van der Waals surface area contributed by atoms with E-state index in [1.165, 1.54) is 25.7 Å². The number of carbonyl (C=O) groups is 1. The number of thiazole rings is 1. The second-order valence-electron chi connectivity index (χ2n) is 8.20. The summed E-state index contributed by atoms with van der Waals surface area (Å²) in [6.07, 6.45) is 7.19. The molecule has 0 radical (unpaired) electrons. The van der Waals surface area contributed by atoms with Crippen LogP contribution in [0.25, 0.3) is 11.3 Å². The molecule has 0 atom stereocenters. The Morgan fingerprint density at radius 2 is 2.00 bits per heavy atom. The Hall–Kier alpha value is -1.92. The molecule has 1 aromatic carbocycles. The number of methoxy groups -OCH3 is 1. The Morgan fingerprint density at radius 3 is 2.76 bits per heavy atom. The lowest BCUT2D eigenvalue weighted by Crippen LogP contribution is -2.48. The zero-order valence-corrected chi connectivity index (χ0v) is 18.1. The van der Waals surface area contributed by atoms with Crippen molar-refractivity contribution in [2.75, 3.05) is 33.3 Å². The molecule has 2 aromatic rings. The molecule has 2 fully saturated rings. The van der Waals surface area contributed by atoms with Crippen LogP contribution in [-0.4, -0.2) is 54.0 Å². The molecular weight excluding hydrogens is 382 g/mol. The fraction of sp³-hybridized carbons (Fsp3) is 0.565. The van der Waals surface area contributed by atoms with Crippen LogP contribution in [0.1, 0.15) is 43.5 Å². The maximum Gasteiger partial charge on any atom is 0.222 e. The van der Waals surface area contributed by atoms with Crippen molar-refractivity contribution in [2.24, 2.45) is 5.92 Å². The average Bonchev–Trinajstić information content (AvgIpc) is 3.45. The highest BCUT2D eigenvalue weighted by molar-refractivity contribution is 7.09. The van der Waals surface area contributed by atoms with E-state index >= 15 is 0 Å². The Labute approximate surface area is 177 Å². The van der Waals surface area contributed by atoms with Crippen LogP contribution in [0.4, 0.5) is 0 Å². The lowest BCUT2D eigenvalue weighted by molar-refractivity contribution is -0.133. The molecule has 0 spiro atoms. The number of piperazine rings is 1. The SMILES string of the molecule is COc1cccc(-c2csc(CN3CCN(C(=O)CCC4CCCC4)CC3)n2)c1. The van der Waals surface area contributed by atoms with Crippen molar-refractivity contribution in [1.29, 1.82) is 0 Å². The Bertz CT molecular complexity index is 808. The van der Waals surface area contributed by atoms with E-state index in [0.29, 0.717) is 5.91 Å². The predicted molar refractivity (Wildman–Crippen MR) is 117 cm³/mol. The highest BCUT2D eigenvalue weighted by atomic mass is 32.1. The first-order valence-electron chi connectivity index (χ1n) is 10.8. The first-order chi connectivity index (χ1) is 14.2. The van der Waals surface area contributed by atoms with Crippen molar-refractivity contribution in [3.63, 3.8) is 0 Å². The fourth-order valence-electron chi connectivity index (χ4n) is 4.43. The number of ether oxygens (including phenoxy) is 1. The van der Waals surface area contributed by atoms with Crippen LogP contribution in [0.5, 0.6) is 5.75 Å². The standard InChI is InChI=1S/C23H31N3O2S/c1-28-20-8-4-7-19(15-20)21-17-29-22(24-21)16-25-11-13-26(14-12-25)23(27)10-9-18-5-2-3-6-18/h4,7-8,15,17-18H,2-3,5-6,9-14,16H2,1H3. The molecular formula is C23H31N3O2S. The summed E-state index contributed by atoms with van der Waals surface area (Å²) in [6.45, 7) is 4.42. The molecule has 2 heterocycles. The van der Waals surface area contributed by atoms with Crippen molar-refractivity contribution >= 4 is 17.2 Å². The monoisotopic (exact) mass is 413 g/mol. The number of hydrogen-bond donors (Lipinski definition) is 0. The molecule has 1 saturated heterocycles. The number of carbonyl (C=O) groups excluding carboxylic acids is 1. The van der Waals surface area contributed by atoms with Crippen LogP contribution in [-0.2, 0) is 11.3 Å². The van der Waals surface area contributed by atoms with Crippen molar-refractivity contribution in [3.05, 3.63) is 34.7 Å².